The second-order valence-electron chi connectivity index (χ2n) is 2.57. The predicted octanol–water partition coefficient (Wildman–Crippen LogP) is 0.858. The molecule has 0 saturated heterocycles. The fraction of sp³-hybridized carbons (Fsp3) is 0.222. The Kier molecular flexibility index (Phi) is 1.94. The highest BCUT2D eigenvalue weighted by molar-refractivity contribution is 5.94. The smallest absolute Gasteiger partial charge is 0.195 e. The Bertz CT molecular complexity index is 279. The van der Waals surface area contributed by atoms with Crippen molar-refractivity contribution in [3.63, 3.8) is 0 Å². The zero-order valence-electron chi connectivity index (χ0n) is 6.67. The average Bonchev–Trinajstić information content (AvgIpc) is 2.59. The zero-order valence-corrected chi connectivity index (χ0v) is 6.67. The maximum absolute atomic E-state index is 4.22. The minimum absolute atomic E-state index is 0.862. The van der Waals surface area contributed by atoms with E-state index < -0.39 is 0 Å². The van der Waals surface area contributed by atoms with Crippen LogP contribution in [0.5, 0.6) is 0 Å². The Morgan fingerprint density at radius 3 is 2.92 bits per heavy atom. The second kappa shape index (κ2) is 3.26. The molecule has 1 aliphatic rings. The van der Waals surface area contributed by atoms with Crippen LogP contribution in [0.15, 0.2) is 29.3 Å². The van der Waals surface area contributed by atoms with Crippen molar-refractivity contribution in [1.29, 1.82) is 0 Å². The third-order valence-corrected chi connectivity index (χ3v) is 1.66. The number of rotatable bonds is 1. The summed E-state index contributed by atoms with van der Waals surface area (Å²) >= 11 is 0. The molecule has 2 rings (SSSR count). The van der Waals surface area contributed by atoms with E-state index in [0.717, 1.165) is 24.7 Å². The number of nitrogens with one attached hydrogen (secondary N) is 2. The first-order valence-electron chi connectivity index (χ1n) is 3.96. The summed E-state index contributed by atoms with van der Waals surface area (Å²) in [6.07, 6.45) is 0. The Morgan fingerprint density at radius 1 is 1.42 bits per heavy atom. The van der Waals surface area contributed by atoms with Gasteiger partial charge in [0, 0.05) is 12.2 Å². The van der Waals surface area contributed by atoms with E-state index in [1.165, 1.54) is 0 Å². The summed E-state index contributed by atoms with van der Waals surface area (Å²) in [6, 6.07) is 10.6. The lowest BCUT2D eigenvalue weighted by Crippen LogP contribution is -2.26. The highest BCUT2D eigenvalue weighted by atomic mass is 15.2. The average molecular weight is 160 g/mol. The van der Waals surface area contributed by atoms with Gasteiger partial charge in [0.05, 0.1) is 6.54 Å². The number of benzene rings is 1. The van der Waals surface area contributed by atoms with Crippen molar-refractivity contribution >= 4 is 11.6 Å². The van der Waals surface area contributed by atoms with Crippen LogP contribution in [0.25, 0.3) is 0 Å². The SMILES string of the molecule is [c]1ccc(NC2=NCCN2)cc1. The van der Waals surface area contributed by atoms with E-state index in [2.05, 4.69) is 21.7 Å². The van der Waals surface area contributed by atoms with Crippen molar-refractivity contribution in [3.05, 3.63) is 30.3 Å². The first kappa shape index (κ1) is 7.16. The molecular formula is C9H10N3. The maximum atomic E-state index is 4.22. The normalized spacial score (nSPS) is 15.2. The van der Waals surface area contributed by atoms with Crippen molar-refractivity contribution in [3.8, 4) is 0 Å². The van der Waals surface area contributed by atoms with E-state index in [4.69, 9.17) is 0 Å². The fourth-order valence-corrected chi connectivity index (χ4v) is 1.09. The molecule has 1 radical (unpaired) electrons. The van der Waals surface area contributed by atoms with Crippen LogP contribution >= 0.6 is 0 Å². The van der Waals surface area contributed by atoms with E-state index in [1.54, 1.807) is 0 Å². The number of nitrogens with zero attached hydrogens (tertiary/aromatic N) is 1. The number of hydrogen-bond acceptors (Lipinski definition) is 3. The summed E-state index contributed by atoms with van der Waals surface area (Å²) in [5.41, 5.74) is 1.04. The highest BCUT2D eigenvalue weighted by Crippen LogP contribution is 2.04. The van der Waals surface area contributed by atoms with Crippen LogP contribution in [0.3, 0.4) is 0 Å². The van der Waals surface area contributed by atoms with Gasteiger partial charge >= 0.3 is 0 Å². The van der Waals surface area contributed by atoms with Crippen LogP contribution < -0.4 is 10.6 Å². The predicted molar refractivity (Wildman–Crippen MR) is 49.2 cm³/mol. The Balaban J connectivity index is 2.04. The summed E-state index contributed by atoms with van der Waals surface area (Å²) in [4.78, 5) is 4.22. The molecule has 0 unspecified atom stereocenters. The maximum Gasteiger partial charge on any atom is 0.195 e. The molecule has 0 fully saturated rings. The fourth-order valence-electron chi connectivity index (χ4n) is 1.09. The lowest BCUT2D eigenvalue weighted by Gasteiger charge is -2.04. The Labute approximate surface area is 71.5 Å². The van der Waals surface area contributed by atoms with Crippen LogP contribution in [0.1, 0.15) is 0 Å². The molecule has 3 nitrogen and oxygen atoms in total. The molecule has 1 aromatic rings. The Morgan fingerprint density at radius 2 is 2.25 bits per heavy atom. The van der Waals surface area contributed by atoms with Gasteiger partial charge in [0.25, 0.3) is 0 Å². The van der Waals surface area contributed by atoms with Crippen LogP contribution in [0.4, 0.5) is 5.69 Å². The molecule has 12 heavy (non-hydrogen) atoms. The van der Waals surface area contributed by atoms with Gasteiger partial charge in [-0.3, -0.25) is 4.99 Å². The van der Waals surface area contributed by atoms with Crippen molar-refractivity contribution in [2.24, 2.45) is 4.99 Å². The lowest BCUT2D eigenvalue weighted by molar-refractivity contribution is 0.959. The third kappa shape index (κ3) is 1.56. The molecule has 0 saturated carbocycles. The third-order valence-electron chi connectivity index (χ3n) is 1.66. The molecular weight excluding hydrogens is 150 g/mol. The van der Waals surface area contributed by atoms with Crippen molar-refractivity contribution in [2.75, 3.05) is 18.4 Å². The molecule has 2 N–H and O–H groups in total. The summed E-state index contributed by atoms with van der Waals surface area (Å²) in [5, 5.41) is 6.29. The molecule has 1 aromatic carbocycles. The van der Waals surface area contributed by atoms with E-state index >= 15 is 0 Å². The zero-order chi connectivity index (χ0) is 8.23. The molecule has 3 heteroatoms. The molecule has 0 amide bonds. The molecule has 61 valence electrons. The number of aliphatic imine (C=N–C) groups is 1. The molecule has 1 heterocycles. The minimum Gasteiger partial charge on any atom is -0.354 e. The van der Waals surface area contributed by atoms with Crippen LogP contribution in [-0.2, 0) is 0 Å². The van der Waals surface area contributed by atoms with Crippen LogP contribution in [-0.4, -0.2) is 19.0 Å². The van der Waals surface area contributed by atoms with E-state index in [9.17, 15) is 0 Å². The molecule has 1 aliphatic heterocycles. The first-order chi connectivity index (χ1) is 5.95. The van der Waals surface area contributed by atoms with Gasteiger partial charge in [-0.1, -0.05) is 12.1 Å². The van der Waals surface area contributed by atoms with Gasteiger partial charge in [0.2, 0.25) is 0 Å². The topological polar surface area (TPSA) is 36.4 Å². The second-order valence-corrected chi connectivity index (χ2v) is 2.57. The summed E-state index contributed by atoms with van der Waals surface area (Å²) in [5.74, 6) is 0.862. The number of guanidine groups is 1. The first-order valence-corrected chi connectivity index (χ1v) is 3.96. The van der Waals surface area contributed by atoms with Gasteiger partial charge in [0.15, 0.2) is 5.96 Å². The van der Waals surface area contributed by atoms with Crippen molar-refractivity contribution in [1.82, 2.24) is 5.32 Å². The summed E-state index contributed by atoms with van der Waals surface area (Å²) in [6.45, 7) is 1.79. The highest BCUT2D eigenvalue weighted by Gasteiger charge is 2.03. The lowest BCUT2D eigenvalue weighted by atomic mass is 10.3. The monoisotopic (exact) mass is 160 g/mol. The summed E-state index contributed by atoms with van der Waals surface area (Å²) in [7, 11) is 0. The Hall–Kier alpha value is -1.51. The largest absolute Gasteiger partial charge is 0.354 e. The van der Waals surface area contributed by atoms with Gasteiger partial charge in [-0.25, -0.2) is 0 Å². The van der Waals surface area contributed by atoms with Crippen molar-refractivity contribution in [2.45, 2.75) is 0 Å². The van der Waals surface area contributed by atoms with Gasteiger partial charge in [-0.2, -0.15) is 0 Å². The van der Waals surface area contributed by atoms with E-state index in [0.29, 0.717) is 0 Å². The van der Waals surface area contributed by atoms with Gasteiger partial charge in [-0.15, -0.1) is 0 Å². The summed E-state index contributed by atoms with van der Waals surface area (Å²) < 4.78 is 0. The van der Waals surface area contributed by atoms with E-state index in [-0.39, 0.29) is 0 Å². The number of hydrogen-bond donors (Lipinski definition) is 2. The van der Waals surface area contributed by atoms with Crippen molar-refractivity contribution < 1.29 is 0 Å². The van der Waals surface area contributed by atoms with Gasteiger partial charge < -0.3 is 10.6 Å². The van der Waals surface area contributed by atoms with Gasteiger partial charge in [-0.05, 0) is 18.2 Å². The molecule has 0 aliphatic carbocycles. The van der Waals surface area contributed by atoms with E-state index in [1.807, 2.05) is 24.3 Å². The standard InChI is InChI=1S/C9H10N3/c1-2-4-8(5-3-1)12-9-10-6-7-11-9/h2-5H,6-7H2,(H2,10,11,12). The number of anilines is 1. The van der Waals surface area contributed by atoms with Crippen LogP contribution in [0.2, 0.25) is 0 Å². The molecule has 0 atom stereocenters. The molecule has 0 aromatic heterocycles. The molecule has 0 spiro atoms. The quantitative estimate of drug-likeness (QED) is 0.639. The molecule has 0 bridgehead atoms. The van der Waals surface area contributed by atoms with Gasteiger partial charge in [0.1, 0.15) is 0 Å². The van der Waals surface area contributed by atoms with Crippen LogP contribution in [0, 0.1) is 6.07 Å². The minimum atomic E-state index is 0.862.